The molecular formula is C86H124ClN21O9. The standard InChI is InChI=1S/C20H26N4O2.C19H26N4O2.2C14H18N4.C7H16N2O2.C6H6ClN.C5H9NO3.CH5N/c1-21-20(26)11-10-19(25)9-6-14-24(15-17-7-2-4-12-22-17)16-18-8-3-5-13-23-18;1-19(2,3)25-18(24)22-12-13-23(14-16-8-4-6-10-20-16)15-17-9-5-7-11-21-17;2*15-7-10-18(11-13-5-1-3-8-16-13)12-14-6-2-4-9-17-14;1-7(2,3)11-6(10)9-5-4-8;7-5-6-3-1-2-4-8-6;1-6-4(7)2-3-5(8)9;1-2/h2-5,7-8,12-13H,6,9-11,14-16H2,1H3,(H,21,26);4-11H,12-15H2,1-3H3,(H,22,24);2*1-6,8-9H,7,10-12,15H2;4-5,8H2,1-3H3,(H,9,10);1-4H,5H2;2-3H2,1H3,(H,6,7)(H,8,9);2H2,1H3. The maximum absolute atomic E-state index is 11.9. The lowest BCUT2D eigenvalue weighted by Gasteiger charge is -2.23. The van der Waals surface area contributed by atoms with Crippen LogP contribution in [-0.2, 0) is 86.9 Å². The summed E-state index contributed by atoms with van der Waals surface area (Å²) >= 11 is 5.46. The fraction of sp³-hybridized carbons (Fsp3) is 0.407. The molecule has 117 heavy (non-hydrogen) atoms. The lowest BCUT2D eigenvalue weighted by Crippen LogP contribution is -2.37. The van der Waals surface area contributed by atoms with Crippen LogP contribution in [0.25, 0.3) is 0 Å². The number of halogens is 1. The topological polar surface area (TPSA) is 422 Å². The number of alkyl halides is 1. The summed E-state index contributed by atoms with van der Waals surface area (Å²) in [6.07, 6.45) is 17.1. The number of nitrogens with zero attached hydrogens (tertiary/aromatic N) is 13. The minimum Gasteiger partial charge on any atom is -0.481 e. The van der Waals surface area contributed by atoms with Crippen molar-refractivity contribution in [3.8, 4) is 0 Å². The van der Waals surface area contributed by atoms with Crippen LogP contribution in [0.4, 0.5) is 9.59 Å². The summed E-state index contributed by atoms with van der Waals surface area (Å²) in [5.41, 5.74) is 29.2. The van der Waals surface area contributed by atoms with Crippen LogP contribution in [0.3, 0.4) is 0 Å². The molecule has 0 bridgehead atoms. The molecule has 9 heterocycles. The van der Waals surface area contributed by atoms with Gasteiger partial charge in [-0.3, -0.25) is 83.6 Å². The van der Waals surface area contributed by atoms with Crippen molar-refractivity contribution in [2.45, 2.75) is 150 Å². The van der Waals surface area contributed by atoms with Crippen molar-refractivity contribution in [2.24, 2.45) is 22.9 Å². The molecule has 0 fully saturated rings. The number of amides is 4. The highest BCUT2D eigenvalue weighted by Crippen LogP contribution is 2.14. The second-order valence-electron chi connectivity index (χ2n) is 27.5. The molecule has 0 saturated carbocycles. The molecule has 0 aliphatic heterocycles. The van der Waals surface area contributed by atoms with Crippen LogP contribution in [-0.4, -0.2) is 197 Å². The normalized spacial score (nSPS) is 10.5. The summed E-state index contributed by atoms with van der Waals surface area (Å²) in [7, 11) is 4.56. The van der Waals surface area contributed by atoms with E-state index < -0.39 is 29.4 Å². The van der Waals surface area contributed by atoms with Crippen molar-refractivity contribution in [3.05, 3.63) is 271 Å². The zero-order chi connectivity index (χ0) is 86.0. The summed E-state index contributed by atoms with van der Waals surface area (Å²) in [6.45, 7) is 22.8. The first-order valence-electron chi connectivity index (χ1n) is 38.7. The van der Waals surface area contributed by atoms with Gasteiger partial charge in [-0.05, 0) is 171 Å². The van der Waals surface area contributed by atoms with E-state index in [4.69, 9.17) is 43.4 Å². The fourth-order valence-electron chi connectivity index (χ4n) is 9.93. The molecule has 30 nitrogen and oxygen atoms in total. The van der Waals surface area contributed by atoms with E-state index in [1.165, 1.54) is 14.1 Å². The minimum absolute atomic E-state index is 0.0613. The van der Waals surface area contributed by atoms with Crippen LogP contribution >= 0.6 is 11.6 Å². The van der Waals surface area contributed by atoms with Crippen molar-refractivity contribution in [1.29, 1.82) is 0 Å². The molecule has 31 heteroatoms. The van der Waals surface area contributed by atoms with Crippen molar-refractivity contribution in [2.75, 3.05) is 80.0 Å². The lowest BCUT2D eigenvalue weighted by atomic mass is 10.1. The number of rotatable bonds is 36. The van der Waals surface area contributed by atoms with Crippen LogP contribution in [0.5, 0.6) is 0 Å². The molecule has 9 aromatic rings. The monoisotopic (exact) mass is 1630 g/mol. The Morgan fingerprint density at radius 2 is 0.615 bits per heavy atom. The number of ketones is 1. The van der Waals surface area contributed by atoms with E-state index in [-0.39, 0.29) is 36.9 Å². The number of nitrogens with two attached hydrogens (primary N) is 4. The highest BCUT2D eigenvalue weighted by atomic mass is 35.5. The number of hydrogen-bond acceptors (Lipinski definition) is 25. The van der Waals surface area contributed by atoms with E-state index in [2.05, 4.69) is 91.5 Å². The Hall–Kier alpha value is -11.1. The second-order valence-corrected chi connectivity index (χ2v) is 27.7. The number of carbonyl (C=O) groups is 6. The zero-order valence-electron chi connectivity index (χ0n) is 69.5. The molecule has 0 radical (unpaired) electrons. The molecule has 0 spiro atoms. The van der Waals surface area contributed by atoms with E-state index in [1.807, 2.05) is 230 Å². The van der Waals surface area contributed by atoms with Gasteiger partial charge in [-0.15, -0.1) is 11.6 Å². The van der Waals surface area contributed by atoms with Crippen molar-refractivity contribution >= 4 is 47.4 Å². The zero-order valence-corrected chi connectivity index (χ0v) is 70.2. The summed E-state index contributed by atoms with van der Waals surface area (Å²) in [4.78, 5) is 114. The Bertz CT molecular complexity index is 3720. The maximum atomic E-state index is 11.9. The number of ether oxygens (including phenoxy) is 2. The van der Waals surface area contributed by atoms with Gasteiger partial charge in [-0.2, -0.15) is 0 Å². The van der Waals surface area contributed by atoms with Gasteiger partial charge in [-0.1, -0.05) is 54.6 Å². The molecular weight excluding hydrogens is 1510 g/mol. The number of carboxylic acids is 1. The van der Waals surface area contributed by atoms with Crippen LogP contribution < -0.4 is 44.2 Å². The van der Waals surface area contributed by atoms with Crippen molar-refractivity contribution in [3.63, 3.8) is 0 Å². The number of carboxylic acid groups (broad SMARTS) is 1. The molecule has 0 aliphatic carbocycles. The van der Waals surface area contributed by atoms with Crippen LogP contribution in [0.1, 0.15) is 131 Å². The Morgan fingerprint density at radius 3 is 0.838 bits per heavy atom. The minimum atomic E-state index is -0.946. The SMILES string of the molecule is CC(C)(C)OC(=O)NCCN.CC(C)(C)OC(=O)NCCN(Cc1ccccn1)Cc1ccccn1.CN.CNC(=O)CCC(=O)CCCN(Cc1ccccn1)Cc1ccccn1.CNC(=O)CCC(=O)O.ClCc1ccccn1.NCCN(Cc1ccccn1)Cc1ccccn1.NCCN(Cc1ccccn1)Cc1ccccn1. The summed E-state index contributed by atoms with van der Waals surface area (Å²) in [5, 5.41) is 18.2. The number of pyridine rings is 9. The predicted octanol–water partition coefficient (Wildman–Crippen LogP) is 9.70. The van der Waals surface area contributed by atoms with Gasteiger partial charge in [-0.25, -0.2) is 9.59 Å². The van der Waals surface area contributed by atoms with Gasteiger partial charge in [0.05, 0.1) is 63.5 Å². The number of alkyl carbamates (subject to hydrolysis) is 2. The van der Waals surface area contributed by atoms with Gasteiger partial charge in [0.25, 0.3) is 0 Å². The third kappa shape index (κ3) is 56.0. The number of hydrogen-bond donors (Lipinski definition) is 9. The molecule has 9 aromatic heterocycles. The third-order valence-electron chi connectivity index (χ3n) is 15.2. The first kappa shape index (κ1) is 102. The largest absolute Gasteiger partial charge is 0.481 e. The van der Waals surface area contributed by atoms with Crippen molar-refractivity contribution < 1.29 is 43.3 Å². The van der Waals surface area contributed by atoms with Crippen LogP contribution in [0, 0.1) is 0 Å². The first-order chi connectivity index (χ1) is 56.4. The average molecular weight is 1630 g/mol. The molecule has 9 rings (SSSR count). The third-order valence-corrected chi connectivity index (χ3v) is 15.5. The van der Waals surface area contributed by atoms with Gasteiger partial charge in [0.2, 0.25) is 11.8 Å². The smallest absolute Gasteiger partial charge is 0.407 e. The predicted molar refractivity (Wildman–Crippen MR) is 458 cm³/mol. The second kappa shape index (κ2) is 64.1. The highest BCUT2D eigenvalue weighted by Gasteiger charge is 2.19. The molecule has 0 aromatic carbocycles. The Balaban J connectivity index is 0.000000477. The lowest BCUT2D eigenvalue weighted by molar-refractivity contribution is -0.138. The Morgan fingerprint density at radius 1 is 0.359 bits per heavy atom. The van der Waals surface area contributed by atoms with Crippen LogP contribution in [0.2, 0.25) is 0 Å². The van der Waals surface area contributed by atoms with Crippen molar-refractivity contribution in [1.82, 2.24) is 85.7 Å². The molecule has 0 saturated heterocycles. The van der Waals surface area contributed by atoms with Gasteiger partial charge in [0, 0.05) is 200 Å². The number of nitrogens with one attached hydrogen (secondary N) is 4. The molecule has 0 aliphatic rings. The van der Waals surface area contributed by atoms with E-state index in [0.29, 0.717) is 84.2 Å². The first-order valence-corrected chi connectivity index (χ1v) is 39.3. The van der Waals surface area contributed by atoms with Gasteiger partial charge in [0.1, 0.15) is 17.0 Å². The summed E-state index contributed by atoms with van der Waals surface area (Å²) in [5.74, 6) is -0.647. The maximum Gasteiger partial charge on any atom is 0.407 e. The van der Waals surface area contributed by atoms with Crippen LogP contribution in [0.15, 0.2) is 220 Å². The van der Waals surface area contributed by atoms with E-state index in [1.54, 1.807) is 38.0 Å². The Labute approximate surface area is 696 Å². The number of carbonyl (C=O) groups excluding carboxylic acids is 5. The van der Waals surface area contributed by atoms with Gasteiger partial charge >= 0.3 is 18.2 Å². The van der Waals surface area contributed by atoms with Gasteiger partial charge < -0.3 is 58.8 Å². The number of aromatic nitrogens is 9. The molecule has 0 unspecified atom stereocenters. The molecule has 4 amide bonds. The summed E-state index contributed by atoms with van der Waals surface area (Å²) in [6, 6.07) is 53.0. The Kier molecular flexibility index (Phi) is 55.9. The summed E-state index contributed by atoms with van der Waals surface area (Å²) < 4.78 is 10.2. The molecule has 13 N–H and O–H groups in total. The molecule has 0 atom stereocenters. The van der Waals surface area contributed by atoms with E-state index in [9.17, 15) is 28.8 Å². The fourth-order valence-corrected chi connectivity index (χ4v) is 10.1. The molecule has 634 valence electrons. The average Bonchev–Trinajstić information content (AvgIpc) is 0.902. The number of aliphatic carboxylic acids is 1. The highest BCUT2D eigenvalue weighted by molar-refractivity contribution is 6.16. The van der Waals surface area contributed by atoms with E-state index in [0.717, 1.165) is 103 Å². The van der Waals surface area contributed by atoms with Gasteiger partial charge in [0.15, 0.2) is 0 Å². The van der Waals surface area contributed by atoms with E-state index >= 15 is 0 Å². The quantitative estimate of drug-likeness (QED) is 0.0165. The number of Topliss-reactive ketones (excluding diaryl/α,β-unsaturated/α-hetero) is 1.